The van der Waals surface area contributed by atoms with Gasteiger partial charge in [-0.1, -0.05) is 23.7 Å². The van der Waals surface area contributed by atoms with Crippen LogP contribution >= 0.6 is 22.9 Å². The van der Waals surface area contributed by atoms with Crippen LogP contribution in [0.4, 0.5) is 4.39 Å². The summed E-state index contributed by atoms with van der Waals surface area (Å²) in [6, 6.07) is 5.21. The molecule has 33 heavy (non-hydrogen) atoms. The molecule has 0 saturated heterocycles. The van der Waals surface area contributed by atoms with Crippen LogP contribution in [0.2, 0.25) is 5.02 Å². The molecule has 1 aromatic heterocycles. The Morgan fingerprint density at radius 2 is 2.00 bits per heavy atom. The number of nitrogens with one attached hydrogen (secondary N) is 2. The van der Waals surface area contributed by atoms with Gasteiger partial charge in [-0.25, -0.2) is 9.37 Å². The third kappa shape index (κ3) is 6.59. The molecule has 2 aromatic rings. The first-order valence-electron chi connectivity index (χ1n) is 10.2. The van der Waals surface area contributed by atoms with E-state index in [4.69, 9.17) is 11.6 Å². The summed E-state index contributed by atoms with van der Waals surface area (Å²) in [5.41, 5.74) is 1.35. The van der Waals surface area contributed by atoms with Crippen molar-refractivity contribution in [2.75, 3.05) is 34.2 Å². The molecule has 8 nitrogen and oxygen atoms in total. The molecular weight excluding hydrogens is 469 g/mol. The Morgan fingerprint density at radius 3 is 2.67 bits per heavy atom. The van der Waals surface area contributed by atoms with E-state index < -0.39 is 29.6 Å². The smallest absolute Gasteiger partial charge is 0.280 e. The number of halogens is 2. The van der Waals surface area contributed by atoms with E-state index in [-0.39, 0.29) is 11.6 Å². The van der Waals surface area contributed by atoms with Crippen molar-refractivity contribution in [3.63, 3.8) is 0 Å². The maximum absolute atomic E-state index is 14.3. The summed E-state index contributed by atoms with van der Waals surface area (Å²) in [4.78, 5) is 46.4. The summed E-state index contributed by atoms with van der Waals surface area (Å²) in [5.74, 6) is -2.98. The number of hydrogen-bond acceptors (Lipinski definition) is 6. The predicted molar refractivity (Wildman–Crippen MR) is 126 cm³/mol. The van der Waals surface area contributed by atoms with Crippen molar-refractivity contribution < 1.29 is 18.8 Å². The van der Waals surface area contributed by atoms with Gasteiger partial charge in [0.2, 0.25) is 5.91 Å². The summed E-state index contributed by atoms with van der Waals surface area (Å²) in [6.07, 6.45) is 1.81. The standard InChI is InChI=1S/C22H25ClFN5O3S/c1-28(2)22(32)17(11-25-19(30)15(24)10-13-4-6-14(23)7-5-13)26-20(31)21-27-16-8-9-29(3)12-18(16)33-21/h4-7,10,17H,8-9,11-12H2,1-3H3,(H,25,30)(H,26,31)/b15-10-. The molecule has 0 saturated carbocycles. The Morgan fingerprint density at radius 1 is 1.30 bits per heavy atom. The van der Waals surface area contributed by atoms with E-state index in [2.05, 4.69) is 20.5 Å². The van der Waals surface area contributed by atoms with Gasteiger partial charge >= 0.3 is 0 Å². The van der Waals surface area contributed by atoms with E-state index in [0.29, 0.717) is 10.6 Å². The molecule has 0 bridgehead atoms. The van der Waals surface area contributed by atoms with Crippen molar-refractivity contribution in [2.24, 2.45) is 0 Å². The van der Waals surface area contributed by atoms with Gasteiger partial charge in [0.05, 0.1) is 5.69 Å². The second-order valence-electron chi connectivity index (χ2n) is 7.89. The third-order valence-corrected chi connectivity index (χ3v) is 6.34. The summed E-state index contributed by atoms with van der Waals surface area (Å²) in [7, 11) is 5.06. The average molecular weight is 494 g/mol. The number of thiazole rings is 1. The number of hydrogen-bond donors (Lipinski definition) is 2. The molecule has 2 heterocycles. The summed E-state index contributed by atoms with van der Waals surface area (Å²) in [6.45, 7) is 1.30. The van der Waals surface area contributed by atoms with E-state index in [1.54, 1.807) is 24.3 Å². The maximum Gasteiger partial charge on any atom is 0.280 e. The number of rotatable bonds is 7. The Hall–Kier alpha value is -2.82. The molecular formula is C22H25ClFN5O3S. The Bertz CT molecular complexity index is 1070. The lowest BCUT2D eigenvalue weighted by atomic mass is 10.2. The second kappa shape index (κ2) is 10.9. The van der Waals surface area contributed by atoms with E-state index in [9.17, 15) is 18.8 Å². The molecule has 3 rings (SSSR count). The highest BCUT2D eigenvalue weighted by Crippen LogP contribution is 2.24. The highest BCUT2D eigenvalue weighted by Gasteiger charge is 2.27. The van der Waals surface area contributed by atoms with Gasteiger partial charge in [0, 0.05) is 50.1 Å². The zero-order valence-electron chi connectivity index (χ0n) is 18.5. The lowest BCUT2D eigenvalue weighted by Gasteiger charge is -2.21. The molecule has 1 atom stereocenters. The summed E-state index contributed by atoms with van der Waals surface area (Å²) in [5, 5.41) is 5.73. The molecule has 1 aliphatic heterocycles. The van der Waals surface area contributed by atoms with Crippen LogP contribution in [0.1, 0.15) is 25.9 Å². The first kappa shape index (κ1) is 24.8. The van der Waals surface area contributed by atoms with Gasteiger partial charge < -0.3 is 20.4 Å². The summed E-state index contributed by atoms with van der Waals surface area (Å²) < 4.78 is 14.3. The zero-order valence-corrected chi connectivity index (χ0v) is 20.1. The molecule has 0 radical (unpaired) electrons. The Kier molecular flexibility index (Phi) is 8.17. The second-order valence-corrected chi connectivity index (χ2v) is 9.41. The first-order chi connectivity index (χ1) is 15.6. The molecule has 0 aliphatic carbocycles. The largest absolute Gasteiger partial charge is 0.347 e. The molecule has 1 aliphatic rings. The van der Waals surface area contributed by atoms with Gasteiger partial charge in [-0.05, 0) is 30.8 Å². The van der Waals surface area contributed by atoms with Crippen LogP contribution in [-0.2, 0) is 22.6 Å². The molecule has 0 fully saturated rings. The van der Waals surface area contributed by atoms with E-state index in [1.165, 1.54) is 30.3 Å². The van der Waals surface area contributed by atoms with Gasteiger partial charge in [-0.3, -0.25) is 14.4 Å². The van der Waals surface area contributed by atoms with Gasteiger partial charge in [-0.15, -0.1) is 11.3 Å². The number of carbonyl (C=O) groups is 3. The number of aromatic nitrogens is 1. The monoisotopic (exact) mass is 493 g/mol. The van der Waals surface area contributed by atoms with Gasteiger partial charge in [0.1, 0.15) is 6.04 Å². The molecule has 176 valence electrons. The van der Waals surface area contributed by atoms with Gasteiger partial charge in [0.25, 0.3) is 11.8 Å². The first-order valence-corrected chi connectivity index (χ1v) is 11.4. The SMILES string of the molecule is CN1CCc2nc(C(=O)NC(CNC(=O)/C(F)=C/c3ccc(Cl)cc3)C(=O)N(C)C)sc2C1. The lowest BCUT2D eigenvalue weighted by molar-refractivity contribution is -0.130. The van der Waals surface area contributed by atoms with Gasteiger partial charge in [-0.2, -0.15) is 0 Å². The van der Waals surface area contributed by atoms with Crippen LogP contribution < -0.4 is 10.6 Å². The fraction of sp³-hybridized carbons (Fsp3) is 0.364. The lowest BCUT2D eigenvalue weighted by Crippen LogP contribution is -2.52. The normalized spacial score (nSPS) is 14.9. The minimum atomic E-state index is -1.08. The van der Waals surface area contributed by atoms with Crippen LogP contribution in [0, 0.1) is 0 Å². The molecule has 0 spiro atoms. The fourth-order valence-corrected chi connectivity index (χ4v) is 4.42. The van der Waals surface area contributed by atoms with Crippen LogP contribution in [0.3, 0.4) is 0 Å². The zero-order chi connectivity index (χ0) is 24.1. The van der Waals surface area contributed by atoms with E-state index in [0.717, 1.165) is 36.2 Å². The number of fused-ring (bicyclic) bond motifs is 1. The highest BCUT2D eigenvalue weighted by molar-refractivity contribution is 7.13. The topological polar surface area (TPSA) is 94.6 Å². The van der Waals surface area contributed by atoms with E-state index >= 15 is 0 Å². The Labute approximate surface area is 200 Å². The van der Waals surface area contributed by atoms with Crippen LogP contribution in [0.25, 0.3) is 6.08 Å². The predicted octanol–water partition coefficient (Wildman–Crippen LogP) is 2.10. The number of carbonyl (C=O) groups excluding carboxylic acids is 3. The van der Waals surface area contributed by atoms with Crippen molar-refractivity contribution in [2.45, 2.75) is 19.0 Å². The van der Waals surface area contributed by atoms with E-state index in [1.807, 2.05) is 7.05 Å². The number of likely N-dealkylation sites (N-methyl/N-ethyl adjacent to an activating group) is 2. The molecule has 1 aromatic carbocycles. The van der Waals surface area contributed by atoms with Crippen molar-refractivity contribution in [1.29, 1.82) is 0 Å². The van der Waals surface area contributed by atoms with Crippen molar-refractivity contribution >= 4 is 46.7 Å². The maximum atomic E-state index is 14.3. The number of benzene rings is 1. The highest BCUT2D eigenvalue weighted by atomic mass is 35.5. The number of amides is 3. The molecule has 3 amide bonds. The fourth-order valence-electron chi connectivity index (χ4n) is 3.20. The van der Waals surface area contributed by atoms with Crippen LogP contribution in [-0.4, -0.2) is 72.8 Å². The average Bonchev–Trinajstić information content (AvgIpc) is 3.20. The minimum Gasteiger partial charge on any atom is -0.347 e. The van der Waals surface area contributed by atoms with Crippen molar-refractivity contribution in [3.8, 4) is 0 Å². The van der Waals surface area contributed by atoms with Crippen molar-refractivity contribution in [3.05, 3.63) is 56.3 Å². The quantitative estimate of drug-likeness (QED) is 0.576. The van der Waals surface area contributed by atoms with Gasteiger partial charge in [0.15, 0.2) is 10.8 Å². The molecule has 1 unspecified atom stereocenters. The van der Waals surface area contributed by atoms with Crippen LogP contribution in [0.5, 0.6) is 0 Å². The number of nitrogens with zero attached hydrogens (tertiary/aromatic N) is 3. The molecule has 11 heteroatoms. The Balaban J connectivity index is 1.66. The minimum absolute atomic E-state index is 0.256. The summed E-state index contributed by atoms with van der Waals surface area (Å²) >= 11 is 7.09. The molecule has 2 N–H and O–H groups in total. The van der Waals surface area contributed by atoms with Crippen LogP contribution in [0.15, 0.2) is 30.1 Å². The third-order valence-electron chi connectivity index (χ3n) is 5.01. The van der Waals surface area contributed by atoms with Crippen molar-refractivity contribution in [1.82, 2.24) is 25.4 Å².